The van der Waals surface area contributed by atoms with Crippen LogP contribution < -0.4 is 4.90 Å². The number of fused-ring (bicyclic) bond motifs is 5. The summed E-state index contributed by atoms with van der Waals surface area (Å²) in [5.41, 5.74) is 11.3. The quantitative estimate of drug-likeness (QED) is 0.218. The zero-order valence-corrected chi connectivity index (χ0v) is 26.5. The largest absolute Gasteiger partial charge is 0.347 e. The molecule has 1 aliphatic carbocycles. The molecule has 0 N–H and O–H groups in total. The lowest BCUT2D eigenvalue weighted by Crippen LogP contribution is -2.36. The molecule has 0 radical (unpaired) electrons. The Balaban J connectivity index is 1.34. The standard InChI is InChI=1S/C41H45N2/c1-29(2)32-22-24-36-35(27-32)40(3,28-30-15-8-6-9-16-30)37(42(36)4)19-14-20-38-41(25-12-7-13-26-41)34-23-21-31-17-10-11-18-33(31)39(34)43(38)5/h6,8-11,14-24,27,29H,7,12-13,25-26,28H2,1-5H3/q+1. The van der Waals surface area contributed by atoms with Crippen LogP contribution in [-0.2, 0) is 17.3 Å². The summed E-state index contributed by atoms with van der Waals surface area (Å²) < 4.78 is 2.52. The van der Waals surface area contributed by atoms with Gasteiger partial charge in [-0.15, -0.1) is 0 Å². The zero-order valence-electron chi connectivity index (χ0n) is 26.5. The highest BCUT2D eigenvalue weighted by Gasteiger charge is 2.51. The van der Waals surface area contributed by atoms with Crippen LogP contribution in [0.2, 0.25) is 0 Å². The fourth-order valence-electron chi connectivity index (χ4n) is 8.54. The Bertz CT molecular complexity index is 1780. The van der Waals surface area contributed by atoms with Crippen molar-refractivity contribution in [2.45, 2.75) is 76.0 Å². The van der Waals surface area contributed by atoms with E-state index in [0.29, 0.717) is 5.92 Å². The summed E-state index contributed by atoms with van der Waals surface area (Å²) in [6.07, 6.45) is 14.6. The molecule has 2 heteroatoms. The lowest BCUT2D eigenvalue weighted by atomic mass is 9.67. The highest BCUT2D eigenvalue weighted by Crippen LogP contribution is 2.52. The highest BCUT2D eigenvalue weighted by atomic mass is 15.2. The van der Waals surface area contributed by atoms with Crippen LogP contribution in [0.4, 0.5) is 11.4 Å². The van der Waals surface area contributed by atoms with Crippen molar-refractivity contribution in [2.75, 3.05) is 19.0 Å². The van der Waals surface area contributed by atoms with Crippen LogP contribution in [0.25, 0.3) is 10.8 Å². The van der Waals surface area contributed by atoms with E-state index in [4.69, 9.17) is 0 Å². The molecule has 1 unspecified atom stereocenters. The number of anilines is 1. The molecule has 0 aromatic heterocycles. The van der Waals surface area contributed by atoms with E-state index in [2.05, 4.69) is 147 Å². The van der Waals surface area contributed by atoms with Crippen molar-refractivity contribution < 1.29 is 4.58 Å². The van der Waals surface area contributed by atoms with Gasteiger partial charge in [-0.25, -0.2) is 0 Å². The van der Waals surface area contributed by atoms with E-state index < -0.39 is 0 Å². The number of allylic oxidation sites excluding steroid dienone is 4. The minimum Gasteiger partial charge on any atom is -0.347 e. The van der Waals surface area contributed by atoms with E-state index in [1.807, 2.05) is 0 Å². The Morgan fingerprint density at radius 1 is 0.860 bits per heavy atom. The van der Waals surface area contributed by atoms with E-state index in [9.17, 15) is 0 Å². The summed E-state index contributed by atoms with van der Waals surface area (Å²) in [6, 6.07) is 31.8. The molecule has 0 amide bonds. The van der Waals surface area contributed by atoms with Crippen molar-refractivity contribution in [3.05, 3.63) is 131 Å². The molecular formula is C41H45N2+. The van der Waals surface area contributed by atoms with Crippen molar-refractivity contribution in [3.63, 3.8) is 0 Å². The van der Waals surface area contributed by atoms with E-state index in [1.165, 1.54) is 87.9 Å². The Kier molecular flexibility index (Phi) is 6.92. The van der Waals surface area contributed by atoms with Gasteiger partial charge in [-0.3, -0.25) is 0 Å². The smallest absolute Gasteiger partial charge is 0.217 e. The predicted molar refractivity (Wildman–Crippen MR) is 183 cm³/mol. The molecule has 3 aliphatic rings. The maximum Gasteiger partial charge on any atom is 0.217 e. The molecule has 7 rings (SSSR count). The van der Waals surface area contributed by atoms with Crippen LogP contribution in [0.3, 0.4) is 0 Å². The lowest BCUT2D eigenvalue weighted by Gasteiger charge is -2.31. The summed E-state index contributed by atoms with van der Waals surface area (Å²) in [6.45, 7) is 7.05. The molecule has 218 valence electrons. The third kappa shape index (κ3) is 4.41. The van der Waals surface area contributed by atoms with Crippen LogP contribution in [0.1, 0.15) is 81.0 Å². The van der Waals surface area contributed by atoms with Gasteiger partial charge in [0, 0.05) is 35.5 Å². The van der Waals surface area contributed by atoms with E-state index in [0.717, 1.165) is 6.42 Å². The van der Waals surface area contributed by atoms with Crippen molar-refractivity contribution in [2.24, 2.45) is 0 Å². The molecule has 1 atom stereocenters. The first-order valence-corrected chi connectivity index (χ1v) is 16.3. The number of hydrogen-bond acceptors (Lipinski definition) is 1. The summed E-state index contributed by atoms with van der Waals surface area (Å²) in [5, 5.41) is 2.70. The first-order valence-electron chi connectivity index (χ1n) is 16.3. The molecule has 4 aromatic carbocycles. The second kappa shape index (κ2) is 10.7. The summed E-state index contributed by atoms with van der Waals surface area (Å²) >= 11 is 0. The Morgan fingerprint density at radius 2 is 1.60 bits per heavy atom. The van der Waals surface area contributed by atoms with Gasteiger partial charge in [-0.2, -0.15) is 4.58 Å². The van der Waals surface area contributed by atoms with Crippen molar-refractivity contribution >= 4 is 27.9 Å². The highest BCUT2D eigenvalue weighted by molar-refractivity contribution is 6.07. The van der Waals surface area contributed by atoms with Gasteiger partial charge in [0.1, 0.15) is 7.05 Å². The average molecular weight is 566 g/mol. The molecule has 0 bridgehead atoms. The molecule has 1 saturated carbocycles. The van der Waals surface area contributed by atoms with Crippen molar-refractivity contribution in [3.8, 4) is 0 Å². The second-order valence-corrected chi connectivity index (χ2v) is 13.7. The fourth-order valence-corrected chi connectivity index (χ4v) is 8.54. The normalized spacial score (nSPS) is 22.0. The lowest BCUT2D eigenvalue weighted by molar-refractivity contribution is -0.400. The van der Waals surface area contributed by atoms with Gasteiger partial charge in [-0.1, -0.05) is 112 Å². The minimum atomic E-state index is -0.116. The molecule has 4 aromatic rings. The third-order valence-corrected chi connectivity index (χ3v) is 10.8. The van der Waals surface area contributed by atoms with E-state index >= 15 is 0 Å². The zero-order chi connectivity index (χ0) is 29.8. The number of rotatable bonds is 5. The van der Waals surface area contributed by atoms with Gasteiger partial charge in [-0.05, 0) is 72.4 Å². The topological polar surface area (TPSA) is 6.25 Å². The van der Waals surface area contributed by atoms with Gasteiger partial charge in [0.25, 0.3) is 0 Å². The Hall–Kier alpha value is -3.91. The molecule has 1 spiro atoms. The SMILES string of the molecule is CC(C)c1ccc2c(c1)C(C)(Cc1ccccc1)/C(=C\C=C\C1=[N+](C)c3c(ccc4ccccc34)C13CCCCC3)N2C. The summed E-state index contributed by atoms with van der Waals surface area (Å²) in [4.78, 5) is 2.44. The number of benzene rings is 4. The Morgan fingerprint density at radius 3 is 2.37 bits per heavy atom. The van der Waals surface area contributed by atoms with Crippen LogP contribution in [0, 0.1) is 0 Å². The maximum absolute atomic E-state index is 2.52. The van der Waals surface area contributed by atoms with Crippen molar-refractivity contribution in [1.29, 1.82) is 0 Å². The molecule has 43 heavy (non-hydrogen) atoms. The molecule has 2 aliphatic heterocycles. The molecule has 2 heterocycles. The predicted octanol–water partition coefficient (Wildman–Crippen LogP) is 9.98. The number of nitrogens with zero attached hydrogens (tertiary/aromatic N) is 2. The fraction of sp³-hybridized carbons (Fsp3) is 0.341. The average Bonchev–Trinajstić information content (AvgIpc) is 3.37. The van der Waals surface area contributed by atoms with E-state index in [-0.39, 0.29) is 10.8 Å². The van der Waals surface area contributed by atoms with Crippen molar-refractivity contribution in [1.82, 2.24) is 0 Å². The molecular weight excluding hydrogens is 520 g/mol. The monoisotopic (exact) mass is 565 g/mol. The summed E-state index contributed by atoms with van der Waals surface area (Å²) in [5.74, 6) is 0.503. The minimum absolute atomic E-state index is 0.103. The van der Waals surface area contributed by atoms with Gasteiger partial charge >= 0.3 is 0 Å². The number of hydrogen-bond donors (Lipinski definition) is 0. The first-order chi connectivity index (χ1) is 20.8. The van der Waals surface area contributed by atoms with Gasteiger partial charge < -0.3 is 4.90 Å². The molecule has 2 nitrogen and oxygen atoms in total. The summed E-state index contributed by atoms with van der Waals surface area (Å²) in [7, 11) is 4.55. The third-order valence-electron chi connectivity index (χ3n) is 10.8. The van der Waals surface area contributed by atoms with Crippen LogP contribution in [0.15, 0.2) is 109 Å². The van der Waals surface area contributed by atoms with Gasteiger partial charge in [0.2, 0.25) is 5.69 Å². The molecule has 0 saturated heterocycles. The second-order valence-electron chi connectivity index (χ2n) is 13.7. The number of likely N-dealkylation sites (N-methyl/N-ethyl adjacent to an activating group) is 1. The van der Waals surface area contributed by atoms with E-state index in [1.54, 1.807) is 0 Å². The van der Waals surface area contributed by atoms with Gasteiger partial charge in [0.05, 0.1) is 10.8 Å². The maximum atomic E-state index is 2.52. The van der Waals surface area contributed by atoms with Crippen LogP contribution in [0.5, 0.6) is 0 Å². The van der Waals surface area contributed by atoms with Crippen LogP contribution in [-0.4, -0.2) is 24.4 Å². The first kappa shape index (κ1) is 27.9. The van der Waals surface area contributed by atoms with Crippen LogP contribution >= 0.6 is 0 Å². The Labute approximate surface area is 258 Å². The van der Waals surface area contributed by atoms with Gasteiger partial charge in [0.15, 0.2) is 5.71 Å². The molecule has 1 fully saturated rings.